The second kappa shape index (κ2) is 6.40. The molecule has 1 unspecified atom stereocenters. The van der Waals surface area contributed by atoms with E-state index in [0.717, 1.165) is 17.5 Å². The van der Waals surface area contributed by atoms with E-state index in [1.54, 1.807) is 0 Å². The smallest absolute Gasteiger partial charge is 0.113 e. The lowest BCUT2D eigenvalue weighted by Crippen LogP contribution is -2.43. The number of hydrogen-bond acceptors (Lipinski definition) is 3. The maximum atomic E-state index is 9.12. The summed E-state index contributed by atoms with van der Waals surface area (Å²) in [5.41, 5.74) is -0.336. The summed E-state index contributed by atoms with van der Waals surface area (Å²) in [6.07, 6.45) is 6.85. The van der Waals surface area contributed by atoms with Crippen LogP contribution in [0.25, 0.3) is 0 Å². The van der Waals surface area contributed by atoms with Crippen LogP contribution in [0.2, 0.25) is 0 Å². The van der Waals surface area contributed by atoms with Gasteiger partial charge in [-0.15, -0.1) is 0 Å². The molecule has 0 spiro atoms. The van der Waals surface area contributed by atoms with Crippen LogP contribution < -0.4 is 5.32 Å². The Morgan fingerprint density at radius 1 is 1.40 bits per heavy atom. The highest BCUT2D eigenvalue weighted by Crippen LogP contribution is 2.30. The van der Waals surface area contributed by atoms with E-state index < -0.39 is 0 Å². The molecule has 2 nitrogen and oxygen atoms in total. The molecule has 0 aliphatic heterocycles. The van der Waals surface area contributed by atoms with Crippen molar-refractivity contribution in [2.24, 2.45) is 0 Å². The topological polar surface area (TPSA) is 35.8 Å². The molecule has 1 fully saturated rings. The monoisotopic (exact) mass is 226 g/mol. The molecule has 1 saturated carbocycles. The normalized spacial score (nSPS) is 21.9. The Morgan fingerprint density at radius 2 is 2.07 bits per heavy atom. The summed E-state index contributed by atoms with van der Waals surface area (Å²) in [5, 5.41) is 13.2. The minimum absolute atomic E-state index is 0.336. The second-order valence-corrected chi connectivity index (χ2v) is 5.83. The zero-order valence-electron chi connectivity index (χ0n) is 9.88. The zero-order valence-corrected chi connectivity index (χ0v) is 10.7. The van der Waals surface area contributed by atoms with Crippen molar-refractivity contribution < 1.29 is 0 Å². The number of thioether (sulfide) groups is 1. The van der Waals surface area contributed by atoms with Gasteiger partial charge < -0.3 is 0 Å². The van der Waals surface area contributed by atoms with Crippen molar-refractivity contribution in [1.29, 1.82) is 5.26 Å². The van der Waals surface area contributed by atoms with E-state index >= 15 is 0 Å². The average Bonchev–Trinajstić information content (AvgIpc) is 2.28. The van der Waals surface area contributed by atoms with Crippen LogP contribution in [0.15, 0.2) is 0 Å². The molecule has 0 amide bonds. The Hall–Kier alpha value is -0.200. The van der Waals surface area contributed by atoms with Gasteiger partial charge in [0.05, 0.1) is 6.07 Å². The van der Waals surface area contributed by atoms with Crippen LogP contribution in [0.1, 0.15) is 46.0 Å². The predicted molar refractivity (Wildman–Crippen MR) is 67.0 cm³/mol. The SMILES string of the molecule is CCNC(C)(C#N)CSC1CCCCC1. The van der Waals surface area contributed by atoms with E-state index in [1.807, 2.05) is 18.7 Å². The van der Waals surface area contributed by atoms with Gasteiger partial charge in [0.2, 0.25) is 0 Å². The van der Waals surface area contributed by atoms with Crippen LogP contribution in [0.5, 0.6) is 0 Å². The lowest BCUT2D eigenvalue weighted by molar-refractivity contribution is 0.498. The number of hydrogen-bond donors (Lipinski definition) is 1. The largest absolute Gasteiger partial charge is 0.299 e. The molecule has 0 bridgehead atoms. The Balaban J connectivity index is 2.30. The van der Waals surface area contributed by atoms with Crippen LogP contribution in [0, 0.1) is 11.3 Å². The van der Waals surface area contributed by atoms with Crippen molar-refractivity contribution in [3.8, 4) is 6.07 Å². The zero-order chi connectivity index (χ0) is 11.1. The molecule has 0 saturated heterocycles. The van der Waals surface area contributed by atoms with Gasteiger partial charge >= 0.3 is 0 Å². The maximum absolute atomic E-state index is 9.12. The Kier molecular flexibility index (Phi) is 5.49. The summed E-state index contributed by atoms with van der Waals surface area (Å²) < 4.78 is 0. The third-order valence-corrected chi connectivity index (χ3v) is 4.66. The van der Waals surface area contributed by atoms with Crippen LogP contribution >= 0.6 is 11.8 Å². The first-order chi connectivity index (χ1) is 7.20. The molecule has 86 valence electrons. The summed E-state index contributed by atoms with van der Waals surface area (Å²) in [6.45, 7) is 4.93. The molecular formula is C12H22N2S. The lowest BCUT2D eigenvalue weighted by Gasteiger charge is -2.27. The van der Waals surface area contributed by atoms with E-state index in [2.05, 4.69) is 18.3 Å². The predicted octanol–water partition coefficient (Wildman–Crippen LogP) is 2.94. The van der Waals surface area contributed by atoms with Gasteiger partial charge in [-0.25, -0.2) is 0 Å². The highest BCUT2D eigenvalue weighted by Gasteiger charge is 2.24. The Labute approximate surface area is 97.8 Å². The first-order valence-electron chi connectivity index (χ1n) is 5.98. The minimum atomic E-state index is -0.336. The van der Waals surface area contributed by atoms with E-state index in [4.69, 9.17) is 5.26 Å². The molecule has 1 aliphatic carbocycles. The summed E-state index contributed by atoms with van der Waals surface area (Å²) in [5.74, 6) is 0.919. The van der Waals surface area contributed by atoms with Crippen LogP contribution in [0.3, 0.4) is 0 Å². The number of nitriles is 1. The van der Waals surface area contributed by atoms with Crippen molar-refractivity contribution >= 4 is 11.8 Å². The molecule has 1 atom stereocenters. The lowest BCUT2D eigenvalue weighted by atomic mass is 10.0. The summed E-state index contributed by atoms with van der Waals surface area (Å²) in [4.78, 5) is 0. The molecule has 0 aromatic carbocycles. The molecule has 0 aromatic heterocycles. The quantitative estimate of drug-likeness (QED) is 0.783. The Bertz CT molecular complexity index is 218. The van der Waals surface area contributed by atoms with Crippen molar-refractivity contribution in [2.45, 2.75) is 56.7 Å². The van der Waals surface area contributed by atoms with Crippen molar-refractivity contribution in [3.63, 3.8) is 0 Å². The van der Waals surface area contributed by atoms with E-state index in [-0.39, 0.29) is 5.54 Å². The van der Waals surface area contributed by atoms with Gasteiger partial charge in [-0.3, -0.25) is 5.32 Å². The fourth-order valence-electron chi connectivity index (χ4n) is 2.03. The van der Waals surface area contributed by atoms with Crippen molar-refractivity contribution in [2.75, 3.05) is 12.3 Å². The van der Waals surface area contributed by atoms with Gasteiger partial charge in [-0.2, -0.15) is 17.0 Å². The van der Waals surface area contributed by atoms with Crippen molar-refractivity contribution in [3.05, 3.63) is 0 Å². The van der Waals surface area contributed by atoms with E-state index in [9.17, 15) is 0 Å². The second-order valence-electron chi connectivity index (χ2n) is 4.55. The van der Waals surface area contributed by atoms with E-state index in [0.29, 0.717) is 0 Å². The average molecular weight is 226 g/mol. The Morgan fingerprint density at radius 3 is 2.60 bits per heavy atom. The molecule has 0 radical (unpaired) electrons. The van der Waals surface area contributed by atoms with Crippen molar-refractivity contribution in [1.82, 2.24) is 5.32 Å². The molecule has 1 rings (SSSR count). The van der Waals surface area contributed by atoms with Crippen LogP contribution in [0.4, 0.5) is 0 Å². The summed E-state index contributed by atoms with van der Waals surface area (Å²) >= 11 is 1.98. The fraction of sp³-hybridized carbons (Fsp3) is 0.917. The number of nitrogens with zero attached hydrogens (tertiary/aromatic N) is 1. The van der Waals surface area contributed by atoms with E-state index in [1.165, 1.54) is 32.1 Å². The molecule has 0 heterocycles. The summed E-state index contributed by atoms with van der Waals surface area (Å²) in [7, 11) is 0. The minimum Gasteiger partial charge on any atom is -0.299 e. The van der Waals surface area contributed by atoms with Gasteiger partial charge in [-0.1, -0.05) is 26.2 Å². The van der Waals surface area contributed by atoms with Gasteiger partial charge in [-0.05, 0) is 26.3 Å². The first kappa shape index (κ1) is 12.9. The summed E-state index contributed by atoms with van der Waals surface area (Å²) in [6, 6.07) is 2.39. The van der Waals surface area contributed by atoms with Gasteiger partial charge in [0, 0.05) is 11.0 Å². The maximum Gasteiger partial charge on any atom is 0.113 e. The molecular weight excluding hydrogens is 204 g/mol. The standard InChI is InChI=1S/C12H22N2S/c1-3-14-12(2,9-13)10-15-11-7-5-4-6-8-11/h11,14H,3-8,10H2,1-2H3. The highest BCUT2D eigenvalue weighted by molar-refractivity contribution is 8.00. The first-order valence-corrected chi connectivity index (χ1v) is 7.03. The molecule has 0 aromatic rings. The highest BCUT2D eigenvalue weighted by atomic mass is 32.2. The van der Waals surface area contributed by atoms with Crippen LogP contribution in [-0.2, 0) is 0 Å². The number of rotatable bonds is 5. The molecule has 1 N–H and O–H groups in total. The molecule has 15 heavy (non-hydrogen) atoms. The van der Waals surface area contributed by atoms with Gasteiger partial charge in [0.25, 0.3) is 0 Å². The number of nitrogens with one attached hydrogen (secondary N) is 1. The third-order valence-electron chi connectivity index (χ3n) is 2.97. The van der Waals surface area contributed by atoms with Gasteiger partial charge in [0.15, 0.2) is 0 Å². The molecule has 3 heteroatoms. The van der Waals surface area contributed by atoms with Gasteiger partial charge in [0.1, 0.15) is 5.54 Å². The van der Waals surface area contributed by atoms with Crippen LogP contribution in [-0.4, -0.2) is 23.1 Å². The fourth-order valence-corrected chi connectivity index (χ4v) is 3.43. The third kappa shape index (κ3) is 4.44. The molecule has 1 aliphatic rings.